The summed E-state index contributed by atoms with van der Waals surface area (Å²) in [6.07, 6.45) is 0.268. The standard InChI is InChI=1S/C19H24BrNO4/c1-23-18-7-6-14(10-19(18)24-2)8-9-21-12-16(22)13-25-17-5-3-4-15(20)11-17/h3-7,10-11,16,21-22H,8-9,12-13H2,1-2H3. The number of hydrogen-bond acceptors (Lipinski definition) is 5. The van der Waals surface area contributed by atoms with Crippen molar-refractivity contribution in [3.63, 3.8) is 0 Å². The first-order valence-corrected chi connectivity index (χ1v) is 8.89. The Morgan fingerprint density at radius 3 is 2.60 bits per heavy atom. The molecule has 6 heteroatoms. The molecule has 1 unspecified atom stereocenters. The van der Waals surface area contributed by atoms with Gasteiger partial charge in [0.2, 0.25) is 0 Å². The quantitative estimate of drug-likeness (QED) is 0.590. The Morgan fingerprint density at radius 1 is 1.08 bits per heavy atom. The summed E-state index contributed by atoms with van der Waals surface area (Å²) in [7, 11) is 3.25. The molecule has 0 saturated heterocycles. The molecule has 0 amide bonds. The van der Waals surface area contributed by atoms with Crippen molar-refractivity contribution in [2.24, 2.45) is 0 Å². The van der Waals surface area contributed by atoms with Gasteiger partial charge >= 0.3 is 0 Å². The summed E-state index contributed by atoms with van der Waals surface area (Å²) in [4.78, 5) is 0. The molecule has 0 aliphatic rings. The summed E-state index contributed by atoms with van der Waals surface area (Å²) >= 11 is 3.39. The average Bonchev–Trinajstić information content (AvgIpc) is 2.63. The first-order valence-electron chi connectivity index (χ1n) is 8.10. The van der Waals surface area contributed by atoms with Gasteiger partial charge in [-0.2, -0.15) is 0 Å². The van der Waals surface area contributed by atoms with Crippen molar-refractivity contribution in [1.29, 1.82) is 0 Å². The molecule has 136 valence electrons. The van der Waals surface area contributed by atoms with Crippen molar-refractivity contribution >= 4 is 15.9 Å². The third-order valence-electron chi connectivity index (χ3n) is 3.66. The largest absolute Gasteiger partial charge is 0.493 e. The molecule has 0 aromatic heterocycles. The third kappa shape index (κ3) is 6.57. The van der Waals surface area contributed by atoms with Crippen LogP contribution < -0.4 is 19.5 Å². The van der Waals surface area contributed by atoms with Crippen LogP contribution in [-0.4, -0.2) is 45.1 Å². The molecular weight excluding hydrogens is 386 g/mol. The van der Waals surface area contributed by atoms with Crippen LogP contribution in [0.25, 0.3) is 0 Å². The maximum absolute atomic E-state index is 9.99. The van der Waals surface area contributed by atoms with E-state index in [1.807, 2.05) is 42.5 Å². The van der Waals surface area contributed by atoms with Crippen LogP contribution in [0.1, 0.15) is 5.56 Å². The van der Waals surface area contributed by atoms with Gasteiger partial charge in [0.15, 0.2) is 11.5 Å². The van der Waals surface area contributed by atoms with Crippen molar-refractivity contribution < 1.29 is 19.3 Å². The summed E-state index contributed by atoms with van der Waals surface area (Å²) in [5.41, 5.74) is 1.14. The van der Waals surface area contributed by atoms with Crippen LogP contribution in [0, 0.1) is 0 Å². The molecule has 0 fully saturated rings. The predicted molar refractivity (Wildman–Crippen MR) is 102 cm³/mol. The molecule has 2 aromatic carbocycles. The molecule has 2 rings (SSSR count). The Kier molecular flexibility index (Phi) is 8.04. The predicted octanol–water partition coefficient (Wildman–Crippen LogP) is 3.04. The summed E-state index contributed by atoms with van der Waals surface area (Å²) in [6, 6.07) is 13.4. The highest BCUT2D eigenvalue weighted by molar-refractivity contribution is 9.10. The Hall–Kier alpha value is -1.76. The van der Waals surface area contributed by atoms with Crippen LogP contribution in [-0.2, 0) is 6.42 Å². The fourth-order valence-corrected chi connectivity index (χ4v) is 2.72. The zero-order valence-electron chi connectivity index (χ0n) is 14.5. The number of ether oxygens (including phenoxy) is 3. The topological polar surface area (TPSA) is 60.0 Å². The number of rotatable bonds is 10. The van der Waals surface area contributed by atoms with Crippen LogP contribution >= 0.6 is 15.9 Å². The molecule has 0 bridgehead atoms. The number of nitrogens with one attached hydrogen (secondary N) is 1. The smallest absolute Gasteiger partial charge is 0.160 e. The molecule has 2 N–H and O–H groups in total. The second kappa shape index (κ2) is 10.3. The highest BCUT2D eigenvalue weighted by Gasteiger charge is 2.07. The molecule has 25 heavy (non-hydrogen) atoms. The minimum Gasteiger partial charge on any atom is -0.493 e. The number of benzene rings is 2. The van der Waals surface area contributed by atoms with Crippen molar-refractivity contribution in [2.45, 2.75) is 12.5 Å². The summed E-state index contributed by atoms with van der Waals surface area (Å²) in [5.74, 6) is 2.18. The second-order valence-corrected chi connectivity index (χ2v) is 6.48. The number of hydrogen-bond donors (Lipinski definition) is 2. The maximum atomic E-state index is 9.99. The molecule has 2 aromatic rings. The van der Waals surface area contributed by atoms with Gasteiger partial charge in [-0.05, 0) is 48.9 Å². The van der Waals surface area contributed by atoms with Crippen molar-refractivity contribution in [3.8, 4) is 17.2 Å². The normalized spacial score (nSPS) is 11.8. The lowest BCUT2D eigenvalue weighted by molar-refractivity contribution is 0.106. The lowest BCUT2D eigenvalue weighted by atomic mass is 10.1. The van der Waals surface area contributed by atoms with Gasteiger partial charge in [0.1, 0.15) is 18.5 Å². The van der Waals surface area contributed by atoms with E-state index in [9.17, 15) is 5.11 Å². The lowest BCUT2D eigenvalue weighted by Gasteiger charge is -2.14. The van der Waals surface area contributed by atoms with Gasteiger partial charge in [-0.3, -0.25) is 0 Å². The Balaban J connectivity index is 1.68. The van der Waals surface area contributed by atoms with E-state index < -0.39 is 6.10 Å². The first kappa shape index (κ1) is 19.6. The number of methoxy groups -OCH3 is 2. The van der Waals surface area contributed by atoms with Gasteiger partial charge in [-0.1, -0.05) is 28.1 Å². The summed E-state index contributed by atoms with van der Waals surface area (Å²) < 4.78 is 17.0. The Morgan fingerprint density at radius 2 is 1.88 bits per heavy atom. The molecule has 1 atom stereocenters. The van der Waals surface area contributed by atoms with E-state index in [1.165, 1.54) is 0 Å². The molecular formula is C19H24BrNO4. The minimum atomic E-state index is -0.565. The van der Waals surface area contributed by atoms with Gasteiger partial charge in [-0.15, -0.1) is 0 Å². The van der Waals surface area contributed by atoms with Gasteiger partial charge in [0.25, 0.3) is 0 Å². The maximum Gasteiger partial charge on any atom is 0.160 e. The van der Waals surface area contributed by atoms with E-state index in [4.69, 9.17) is 14.2 Å². The van der Waals surface area contributed by atoms with E-state index >= 15 is 0 Å². The molecule has 0 aliphatic carbocycles. The molecule has 0 radical (unpaired) electrons. The average molecular weight is 410 g/mol. The lowest BCUT2D eigenvalue weighted by Crippen LogP contribution is -2.32. The van der Waals surface area contributed by atoms with E-state index in [0.29, 0.717) is 6.54 Å². The van der Waals surface area contributed by atoms with Crippen LogP contribution in [0.4, 0.5) is 0 Å². The van der Waals surface area contributed by atoms with Crippen molar-refractivity contribution in [1.82, 2.24) is 5.32 Å². The SMILES string of the molecule is COc1ccc(CCNCC(O)COc2cccc(Br)c2)cc1OC. The molecule has 0 spiro atoms. The van der Waals surface area contributed by atoms with E-state index in [0.717, 1.165) is 40.3 Å². The number of aliphatic hydroxyl groups excluding tert-OH is 1. The first-order chi connectivity index (χ1) is 12.1. The Labute approximate surface area is 157 Å². The van der Waals surface area contributed by atoms with Crippen molar-refractivity contribution in [3.05, 3.63) is 52.5 Å². The Bertz CT molecular complexity index is 666. The van der Waals surface area contributed by atoms with Crippen LogP contribution in [0.5, 0.6) is 17.2 Å². The highest BCUT2D eigenvalue weighted by atomic mass is 79.9. The fourth-order valence-electron chi connectivity index (χ4n) is 2.35. The van der Waals surface area contributed by atoms with Gasteiger partial charge in [-0.25, -0.2) is 0 Å². The molecule has 0 heterocycles. The molecule has 0 saturated carbocycles. The molecule has 5 nitrogen and oxygen atoms in total. The highest BCUT2D eigenvalue weighted by Crippen LogP contribution is 2.27. The van der Waals surface area contributed by atoms with E-state index in [2.05, 4.69) is 21.2 Å². The monoisotopic (exact) mass is 409 g/mol. The zero-order chi connectivity index (χ0) is 18.1. The van der Waals surface area contributed by atoms with E-state index in [1.54, 1.807) is 14.2 Å². The molecule has 0 aliphatic heterocycles. The second-order valence-electron chi connectivity index (χ2n) is 5.57. The summed E-state index contributed by atoms with van der Waals surface area (Å²) in [6.45, 7) is 1.48. The number of aliphatic hydroxyl groups is 1. The minimum absolute atomic E-state index is 0.250. The van der Waals surface area contributed by atoms with E-state index in [-0.39, 0.29) is 6.61 Å². The van der Waals surface area contributed by atoms with Gasteiger partial charge < -0.3 is 24.6 Å². The van der Waals surface area contributed by atoms with Gasteiger partial charge in [0.05, 0.1) is 14.2 Å². The van der Waals surface area contributed by atoms with Crippen LogP contribution in [0.15, 0.2) is 46.9 Å². The fraction of sp³-hybridized carbons (Fsp3) is 0.368. The van der Waals surface area contributed by atoms with Crippen LogP contribution in [0.2, 0.25) is 0 Å². The zero-order valence-corrected chi connectivity index (χ0v) is 16.1. The third-order valence-corrected chi connectivity index (χ3v) is 4.15. The van der Waals surface area contributed by atoms with Crippen LogP contribution in [0.3, 0.4) is 0 Å². The number of halogens is 1. The summed E-state index contributed by atoms with van der Waals surface area (Å²) in [5, 5.41) is 13.2. The van der Waals surface area contributed by atoms with Gasteiger partial charge in [0, 0.05) is 11.0 Å². The van der Waals surface area contributed by atoms with Crippen molar-refractivity contribution in [2.75, 3.05) is 33.9 Å².